The third-order valence-corrected chi connectivity index (χ3v) is 3.22. The highest BCUT2D eigenvalue weighted by molar-refractivity contribution is 6.05. The summed E-state index contributed by atoms with van der Waals surface area (Å²) in [6.07, 6.45) is 3.72. The summed E-state index contributed by atoms with van der Waals surface area (Å²) in [5, 5.41) is 5.53. The summed E-state index contributed by atoms with van der Waals surface area (Å²) < 4.78 is 5.36. The smallest absolute Gasteiger partial charge is 0.257 e. The Labute approximate surface area is 141 Å². The number of amides is 2. The van der Waals surface area contributed by atoms with Gasteiger partial charge in [0.2, 0.25) is 0 Å². The second kappa shape index (κ2) is 8.67. The number of benzene rings is 1. The van der Waals surface area contributed by atoms with Gasteiger partial charge in [-0.05, 0) is 43.7 Å². The highest BCUT2D eigenvalue weighted by atomic mass is 16.5. The first-order valence-corrected chi connectivity index (χ1v) is 7.91. The number of hydrogen-bond acceptors (Lipinski definition) is 4. The Morgan fingerprint density at radius 1 is 1.04 bits per heavy atom. The van der Waals surface area contributed by atoms with E-state index in [1.54, 1.807) is 24.3 Å². The summed E-state index contributed by atoms with van der Waals surface area (Å²) >= 11 is 0. The van der Waals surface area contributed by atoms with Gasteiger partial charge in [0.05, 0.1) is 17.7 Å². The molecule has 0 radical (unpaired) electrons. The first-order chi connectivity index (χ1) is 11.6. The van der Waals surface area contributed by atoms with Crippen molar-refractivity contribution < 1.29 is 14.3 Å². The zero-order chi connectivity index (χ0) is 17.4. The molecule has 6 heteroatoms. The van der Waals surface area contributed by atoms with E-state index in [0.717, 1.165) is 12.2 Å². The van der Waals surface area contributed by atoms with E-state index in [1.807, 2.05) is 13.8 Å². The van der Waals surface area contributed by atoms with Crippen molar-refractivity contribution in [2.24, 2.45) is 0 Å². The number of aromatic nitrogens is 1. The van der Waals surface area contributed by atoms with Gasteiger partial charge in [-0.1, -0.05) is 6.92 Å². The van der Waals surface area contributed by atoms with Crippen LogP contribution >= 0.6 is 0 Å². The molecule has 2 aromatic rings. The van der Waals surface area contributed by atoms with E-state index in [0.29, 0.717) is 30.0 Å². The molecule has 0 unspecified atom stereocenters. The molecule has 1 aromatic heterocycles. The van der Waals surface area contributed by atoms with Gasteiger partial charge in [-0.25, -0.2) is 0 Å². The van der Waals surface area contributed by atoms with Crippen molar-refractivity contribution in [3.8, 4) is 5.75 Å². The van der Waals surface area contributed by atoms with Crippen LogP contribution in [-0.4, -0.2) is 29.9 Å². The maximum absolute atomic E-state index is 12.3. The van der Waals surface area contributed by atoms with Gasteiger partial charge in [0.15, 0.2) is 0 Å². The van der Waals surface area contributed by atoms with E-state index < -0.39 is 0 Å². The fraction of sp³-hybridized carbons (Fsp3) is 0.278. The minimum Gasteiger partial charge on any atom is -0.494 e. The zero-order valence-corrected chi connectivity index (χ0v) is 13.8. The molecular weight excluding hydrogens is 306 g/mol. The molecule has 2 N–H and O–H groups in total. The summed E-state index contributed by atoms with van der Waals surface area (Å²) in [6, 6.07) is 8.61. The first kappa shape index (κ1) is 17.5. The summed E-state index contributed by atoms with van der Waals surface area (Å²) in [7, 11) is 0. The van der Waals surface area contributed by atoms with Crippen molar-refractivity contribution >= 4 is 17.5 Å². The second-order valence-corrected chi connectivity index (χ2v) is 5.13. The van der Waals surface area contributed by atoms with E-state index in [2.05, 4.69) is 15.6 Å². The number of carbonyl (C=O) groups excluding carboxylic acids is 2. The van der Waals surface area contributed by atoms with E-state index in [1.165, 1.54) is 18.5 Å². The van der Waals surface area contributed by atoms with Gasteiger partial charge in [0.1, 0.15) is 5.75 Å². The fourth-order valence-electron chi connectivity index (χ4n) is 2.03. The van der Waals surface area contributed by atoms with Crippen LogP contribution in [0.15, 0.2) is 42.7 Å². The molecule has 0 spiro atoms. The van der Waals surface area contributed by atoms with Crippen LogP contribution in [0.4, 0.5) is 5.69 Å². The van der Waals surface area contributed by atoms with Crippen molar-refractivity contribution in [1.82, 2.24) is 10.3 Å². The summed E-state index contributed by atoms with van der Waals surface area (Å²) in [6.45, 7) is 5.05. The molecule has 0 saturated carbocycles. The Hall–Kier alpha value is -2.89. The molecule has 0 atom stereocenters. The van der Waals surface area contributed by atoms with Crippen molar-refractivity contribution in [1.29, 1.82) is 0 Å². The largest absolute Gasteiger partial charge is 0.494 e. The molecule has 2 amide bonds. The van der Waals surface area contributed by atoms with Crippen LogP contribution in [0.25, 0.3) is 0 Å². The summed E-state index contributed by atoms with van der Waals surface area (Å²) in [5.41, 5.74) is 1.33. The molecule has 2 rings (SSSR count). The van der Waals surface area contributed by atoms with Crippen LogP contribution in [-0.2, 0) is 0 Å². The lowest BCUT2D eigenvalue weighted by molar-refractivity contribution is 0.0953. The quantitative estimate of drug-likeness (QED) is 0.819. The Morgan fingerprint density at radius 2 is 1.71 bits per heavy atom. The second-order valence-electron chi connectivity index (χ2n) is 5.13. The number of anilines is 1. The number of nitrogens with one attached hydrogen (secondary N) is 2. The lowest BCUT2D eigenvalue weighted by atomic mass is 10.1. The topological polar surface area (TPSA) is 80.3 Å². The third-order valence-electron chi connectivity index (χ3n) is 3.22. The fourth-order valence-corrected chi connectivity index (χ4v) is 2.03. The normalized spacial score (nSPS) is 10.1. The lowest BCUT2D eigenvalue weighted by Crippen LogP contribution is -2.24. The van der Waals surface area contributed by atoms with E-state index in [-0.39, 0.29) is 11.8 Å². The number of hydrogen-bond donors (Lipinski definition) is 2. The van der Waals surface area contributed by atoms with Crippen LogP contribution in [0.2, 0.25) is 0 Å². The Kier molecular flexibility index (Phi) is 6.31. The molecule has 0 aliphatic rings. The summed E-state index contributed by atoms with van der Waals surface area (Å²) in [5.74, 6) is 0.184. The van der Waals surface area contributed by atoms with Gasteiger partial charge in [-0.2, -0.15) is 0 Å². The van der Waals surface area contributed by atoms with E-state index in [9.17, 15) is 9.59 Å². The molecule has 1 heterocycles. The molecule has 1 aromatic carbocycles. The SMILES string of the molecule is CCCNC(=O)c1cncc(C(=O)Nc2ccc(OCC)cc2)c1. The van der Waals surface area contributed by atoms with Gasteiger partial charge in [-0.15, -0.1) is 0 Å². The first-order valence-electron chi connectivity index (χ1n) is 7.91. The number of pyridine rings is 1. The Balaban J connectivity index is 2.05. The summed E-state index contributed by atoms with van der Waals surface area (Å²) in [4.78, 5) is 28.2. The molecule has 0 aliphatic carbocycles. The molecule has 0 fully saturated rings. The van der Waals surface area contributed by atoms with Crippen molar-refractivity contribution in [2.75, 3.05) is 18.5 Å². The van der Waals surface area contributed by atoms with E-state index in [4.69, 9.17) is 4.74 Å². The molecule has 126 valence electrons. The third kappa shape index (κ3) is 4.81. The van der Waals surface area contributed by atoms with Gasteiger partial charge >= 0.3 is 0 Å². The Bertz CT molecular complexity index is 699. The average Bonchev–Trinajstić information content (AvgIpc) is 2.61. The van der Waals surface area contributed by atoms with Crippen LogP contribution in [0.3, 0.4) is 0 Å². The number of carbonyl (C=O) groups is 2. The van der Waals surface area contributed by atoms with Gasteiger partial charge in [0.25, 0.3) is 11.8 Å². The molecule has 0 bridgehead atoms. The molecule has 24 heavy (non-hydrogen) atoms. The van der Waals surface area contributed by atoms with Crippen molar-refractivity contribution in [3.05, 3.63) is 53.9 Å². The molecule has 0 aliphatic heterocycles. The minimum atomic E-state index is -0.322. The molecular formula is C18H21N3O3. The highest BCUT2D eigenvalue weighted by Crippen LogP contribution is 2.16. The maximum atomic E-state index is 12.3. The zero-order valence-electron chi connectivity index (χ0n) is 13.8. The predicted molar refractivity (Wildman–Crippen MR) is 92.4 cm³/mol. The number of nitrogens with zero attached hydrogens (tertiary/aromatic N) is 1. The van der Waals surface area contributed by atoms with Gasteiger partial charge in [-0.3, -0.25) is 14.6 Å². The average molecular weight is 327 g/mol. The predicted octanol–water partition coefficient (Wildman–Crippen LogP) is 2.87. The molecule has 0 saturated heterocycles. The standard InChI is InChI=1S/C18H21N3O3/c1-3-9-20-17(22)13-10-14(12-19-11-13)18(23)21-15-5-7-16(8-6-15)24-4-2/h5-8,10-12H,3-4,9H2,1-2H3,(H,20,22)(H,21,23). The van der Waals surface area contributed by atoms with Crippen LogP contribution in [0.5, 0.6) is 5.75 Å². The van der Waals surface area contributed by atoms with Gasteiger partial charge in [0, 0.05) is 24.6 Å². The monoisotopic (exact) mass is 327 g/mol. The molecule has 6 nitrogen and oxygen atoms in total. The van der Waals surface area contributed by atoms with Crippen LogP contribution in [0, 0.1) is 0 Å². The van der Waals surface area contributed by atoms with Crippen LogP contribution in [0.1, 0.15) is 41.0 Å². The van der Waals surface area contributed by atoms with Crippen molar-refractivity contribution in [3.63, 3.8) is 0 Å². The van der Waals surface area contributed by atoms with E-state index >= 15 is 0 Å². The highest BCUT2D eigenvalue weighted by Gasteiger charge is 2.11. The number of rotatable bonds is 7. The minimum absolute atomic E-state index is 0.236. The number of ether oxygens (including phenoxy) is 1. The van der Waals surface area contributed by atoms with Gasteiger partial charge < -0.3 is 15.4 Å². The maximum Gasteiger partial charge on any atom is 0.257 e. The van der Waals surface area contributed by atoms with Crippen molar-refractivity contribution in [2.45, 2.75) is 20.3 Å². The Morgan fingerprint density at radius 3 is 2.33 bits per heavy atom. The van der Waals surface area contributed by atoms with Crippen LogP contribution < -0.4 is 15.4 Å². The lowest BCUT2D eigenvalue weighted by Gasteiger charge is -2.08.